The summed E-state index contributed by atoms with van der Waals surface area (Å²) in [6.07, 6.45) is -4.46. The highest BCUT2D eigenvalue weighted by Crippen LogP contribution is 2.36. The molecule has 1 N–H and O–H groups in total. The molecule has 3 nitrogen and oxygen atoms in total. The van der Waals surface area contributed by atoms with Crippen molar-refractivity contribution in [2.24, 2.45) is 0 Å². The first-order valence-corrected chi connectivity index (χ1v) is 6.54. The number of nitrogens with zero attached hydrogens (tertiary/aromatic N) is 1. The minimum atomic E-state index is -4.46. The fourth-order valence-electron chi connectivity index (χ4n) is 1.92. The summed E-state index contributed by atoms with van der Waals surface area (Å²) < 4.78 is 38.1. The van der Waals surface area contributed by atoms with E-state index in [1.54, 1.807) is 19.1 Å². The van der Waals surface area contributed by atoms with Gasteiger partial charge in [-0.3, -0.25) is 4.79 Å². The van der Waals surface area contributed by atoms with Crippen LogP contribution in [0.4, 0.5) is 13.2 Å². The van der Waals surface area contributed by atoms with Crippen molar-refractivity contribution in [3.8, 4) is 17.2 Å². The molecule has 2 aromatic rings. The average Bonchev–Trinajstić information content (AvgIpc) is 2.36. The van der Waals surface area contributed by atoms with Gasteiger partial charge in [-0.15, -0.1) is 0 Å². The van der Waals surface area contributed by atoms with E-state index in [1.807, 2.05) is 0 Å². The molecule has 0 saturated carbocycles. The summed E-state index contributed by atoms with van der Waals surface area (Å²) in [5.74, 6) is 0. The molecule has 7 heteroatoms. The molecule has 108 valence electrons. The minimum absolute atomic E-state index is 0.138. The van der Waals surface area contributed by atoms with Crippen LogP contribution in [-0.4, -0.2) is 4.98 Å². The smallest absolute Gasteiger partial charge is 0.325 e. The van der Waals surface area contributed by atoms with Crippen LogP contribution in [0.2, 0.25) is 0 Å². The molecule has 21 heavy (non-hydrogen) atoms. The Bertz CT molecular complexity index is 803. The topological polar surface area (TPSA) is 56.6 Å². The standard InChI is InChI=1S/C14H8BrF3N2O/c1-7-4-10(11(6-19)13(21)20-7)9-3-2-8(5-12(9)15)14(16,17)18/h2-5H,1H3,(H,20,21). The molecule has 0 fully saturated rings. The van der Waals surface area contributed by atoms with Gasteiger partial charge in [-0.1, -0.05) is 22.0 Å². The van der Waals surface area contributed by atoms with Gasteiger partial charge in [0.05, 0.1) is 5.56 Å². The van der Waals surface area contributed by atoms with Crippen molar-refractivity contribution in [3.05, 3.63) is 55.9 Å². The molecule has 0 aliphatic rings. The maximum atomic E-state index is 12.6. The zero-order valence-corrected chi connectivity index (χ0v) is 12.3. The number of pyridine rings is 1. The molecule has 0 bridgehead atoms. The predicted molar refractivity (Wildman–Crippen MR) is 74.7 cm³/mol. The van der Waals surface area contributed by atoms with E-state index >= 15 is 0 Å². The van der Waals surface area contributed by atoms with Crippen LogP contribution in [0.15, 0.2) is 33.5 Å². The monoisotopic (exact) mass is 356 g/mol. The first-order chi connectivity index (χ1) is 9.74. The van der Waals surface area contributed by atoms with Crippen LogP contribution in [0.25, 0.3) is 11.1 Å². The fraction of sp³-hybridized carbons (Fsp3) is 0.143. The molecule has 1 aromatic carbocycles. The van der Waals surface area contributed by atoms with Crippen molar-refractivity contribution in [3.63, 3.8) is 0 Å². The molecule has 0 unspecified atom stereocenters. The van der Waals surface area contributed by atoms with E-state index in [2.05, 4.69) is 20.9 Å². The van der Waals surface area contributed by atoms with Gasteiger partial charge in [0.15, 0.2) is 0 Å². The Hall–Kier alpha value is -2.07. The Morgan fingerprint density at radius 2 is 1.90 bits per heavy atom. The summed E-state index contributed by atoms with van der Waals surface area (Å²) in [7, 11) is 0. The Morgan fingerprint density at radius 1 is 1.24 bits per heavy atom. The van der Waals surface area contributed by atoms with Crippen molar-refractivity contribution < 1.29 is 13.2 Å². The normalized spacial score (nSPS) is 11.2. The SMILES string of the molecule is Cc1cc(-c2ccc(C(F)(F)F)cc2Br)c(C#N)c(=O)[nH]1. The van der Waals surface area contributed by atoms with Gasteiger partial charge < -0.3 is 4.98 Å². The molecule has 1 heterocycles. The minimum Gasteiger partial charge on any atom is -0.325 e. The summed E-state index contributed by atoms with van der Waals surface area (Å²) in [5, 5.41) is 9.06. The third kappa shape index (κ3) is 3.00. The molecule has 0 radical (unpaired) electrons. The van der Waals surface area contributed by atoms with Crippen LogP contribution in [0.3, 0.4) is 0 Å². The summed E-state index contributed by atoms with van der Waals surface area (Å²) >= 11 is 3.07. The Labute approximate surface area is 126 Å². The highest BCUT2D eigenvalue weighted by Gasteiger charge is 2.31. The number of H-pyrrole nitrogens is 1. The van der Waals surface area contributed by atoms with E-state index in [0.29, 0.717) is 16.8 Å². The second-order valence-corrected chi connectivity index (χ2v) is 5.23. The van der Waals surface area contributed by atoms with E-state index in [9.17, 15) is 18.0 Å². The molecule has 0 amide bonds. The van der Waals surface area contributed by atoms with Crippen molar-refractivity contribution >= 4 is 15.9 Å². The number of hydrogen-bond acceptors (Lipinski definition) is 2. The van der Waals surface area contributed by atoms with Gasteiger partial charge in [0.25, 0.3) is 5.56 Å². The first kappa shape index (κ1) is 15.3. The number of rotatable bonds is 1. The van der Waals surface area contributed by atoms with Crippen LogP contribution in [0.5, 0.6) is 0 Å². The number of alkyl halides is 3. The van der Waals surface area contributed by atoms with Crippen LogP contribution in [0, 0.1) is 18.3 Å². The lowest BCUT2D eigenvalue weighted by Crippen LogP contribution is -2.13. The number of nitriles is 1. The number of nitrogens with one attached hydrogen (secondary N) is 1. The van der Waals surface area contributed by atoms with Gasteiger partial charge in [-0.05, 0) is 30.7 Å². The lowest BCUT2D eigenvalue weighted by Gasteiger charge is -2.11. The van der Waals surface area contributed by atoms with Crippen LogP contribution in [0.1, 0.15) is 16.8 Å². The molecule has 2 rings (SSSR count). The summed E-state index contributed by atoms with van der Waals surface area (Å²) in [5.41, 5.74) is -0.354. The zero-order valence-electron chi connectivity index (χ0n) is 10.7. The second kappa shape index (κ2) is 5.37. The number of aryl methyl sites for hydroxylation is 1. The van der Waals surface area contributed by atoms with E-state index in [-0.39, 0.29) is 10.0 Å². The molecule has 0 saturated heterocycles. The molecule has 0 atom stereocenters. The number of hydrogen-bond donors (Lipinski definition) is 1. The van der Waals surface area contributed by atoms with Crippen molar-refractivity contribution in [2.45, 2.75) is 13.1 Å². The van der Waals surface area contributed by atoms with E-state index in [0.717, 1.165) is 12.1 Å². The maximum Gasteiger partial charge on any atom is 0.416 e. The number of benzene rings is 1. The van der Waals surface area contributed by atoms with Crippen molar-refractivity contribution in [1.29, 1.82) is 5.26 Å². The highest BCUT2D eigenvalue weighted by atomic mass is 79.9. The number of halogens is 4. The summed E-state index contributed by atoms with van der Waals surface area (Å²) in [4.78, 5) is 14.2. The van der Waals surface area contributed by atoms with Crippen LogP contribution in [-0.2, 0) is 6.18 Å². The van der Waals surface area contributed by atoms with Crippen molar-refractivity contribution in [2.75, 3.05) is 0 Å². The van der Waals surface area contributed by atoms with Gasteiger partial charge in [0.1, 0.15) is 11.6 Å². The molecule has 0 spiro atoms. The Balaban J connectivity index is 2.70. The quantitative estimate of drug-likeness (QED) is 0.839. The first-order valence-electron chi connectivity index (χ1n) is 5.75. The van der Waals surface area contributed by atoms with E-state index < -0.39 is 17.3 Å². The number of aromatic amines is 1. The number of aromatic nitrogens is 1. The molecule has 1 aromatic heterocycles. The molecule has 0 aliphatic carbocycles. The second-order valence-electron chi connectivity index (χ2n) is 4.37. The van der Waals surface area contributed by atoms with Crippen LogP contribution >= 0.6 is 15.9 Å². The van der Waals surface area contributed by atoms with Gasteiger partial charge in [-0.25, -0.2) is 0 Å². The molecular formula is C14H8BrF3N2O. The molecular weight excluding hydrogens is 349 g/mol. The summed E-state index contributed by atoms with van der Waals surface area (Å²) in [6, 6.07) is 6.40. The Morgan fingerprint density at radius 3 is 2.43 bits per heavy atom. The molecule has 0 aliphatic heterocycles. The van der Waals surface area contributed by atoms with E-state index in [4.69, 9.17) is 5.26 Å². The third-order valence-electron chi connectivity index (χ3n) is 2.87. The maximum absolute atomic E-state index is 12.6. The van der Waals surface area contributed by atoms with E-state index in [1.165, 1.54) is 6.07 Å². The highest BCUT2D eigenvalue weighted by molar-refractivity contribution is 9.10. The summed E-state index contributed by atoms with van der Waals surface area (Å²) in [6.45, 7) is 1.63. The van der Waals surface area contributed by atoms with Gasteiger partial charge in [0.2, 0.25) is 0 Å². The average molecular weight is 357 g/mol. The fourth-order valence-corrected chi connectivity index (χ4v) is 2.51. The van der Waals surface area contributed by atoms with Crippen LogP contribution < -0.4 is 5.56 Å². The lowest BCUT2D eigenvalue weighted by atomic mass is 10.00. The lowest BCUT2D eigenvalue weighted by molar-refractivity contribution is -0.137. The predicted octanol–water partition coefficient (Wildman–Crippen LogP) is 4.00. The Kier molecular flexibility index (Phi) is 3.92. The van der Waals surface area contributed by atoms with Gasteiger partial charge in [0, 0.05) is 15.7 Å². The third-order valence-corrected chi connectivity index (χ3v) is 3.52. The zero-order chi connectivity index (χ0) is 15.8. The van der Waals surface area contributed by atoms with Gasteiger partial charge >= 0.3 is 6.18 Å². The van der Waals surface area contributed by atoms with Crippen molar-refractivity contribution in [1.82, 2.24) is 4.98 Å². The largest absolute Gasteiger partial charge is 0.416 e. The van der Waals surface area contributed by atoms with Gasteiger partial charge in [-0.2, -0.15) is 18.4 Å².